The van der Waals surface area contributed by atoms with Gasteiger partial charge in [0.05, 0.1) is 0 Å². The highest BCUT2D eigenvalue weighted by molar-refractivity contribution is 5.83. The maximum absolute atomic E-state index is 13.4. The van der Waals surface area contributed by atoms with E-state index in [9.17, 15) is 9.18 Å². The van der Waals surface area contributed by atoms with Crippen molar-refractivity contribution in [1.29, 1.82) is 0 Å². The molecule has 2 saturated carbocycles. The smallest absolute Gasteiger partial charge is 0.316 e. The van der Waals surface area contributed by atoms with Crippen molar-refractivity contribution in [2.75, 3.05) is 18.4 Å². The van der Waals surface area contributed by atoms with Crippen LogP contribution in [0.25, 0.3) is 0 Å². The molecule has 0 bridgehead atoms. The van der Waals surface area contributed by atoms with E-state index in [4.69, 9.17) is 4.42 Å². The summed E-state index contributed by atoms with van der Waals surface area (Å²) in [5, 5.41) is 11.2. The molecule has 7 heteroatoms. The van der Waals surface area contributed by atoms with Crippen LogP contribution in [0.4, 0.5) is 10.4 Å². The Balaban J connectivity index is 1.17. The predicted molar refractivity (Wildman–Crippen MR) is 101 cm³/mol. The van der Waals surface area contributed by atoms with Gasteiger partial charge >= 0.3 is 6.01 Å². The van der Waals surface area contributed by atoms with Crippen LogP contribution >= 0.6 is 0 Å². The van der Waals surface area contributed by atoms with Crippen LogP contribution in [-0.4, -0.2) is 40.1 Å². The number of hydrogen-bond donors (Lipinski definition) is 1. The molecular weight excluding hydrogens is 359 g/mol. The molecule has 5 rings (SSSR count). The van der Waals surface area contributed by atoms with E-state index in [2.05, 4.69) is 15.5 Å². The van der Waals surface area contributed by atoms with Crippen molar-refractivity contribution in [3.8, 4) is 0 Å². The largest absolute Gasteiger partial charge is 0.408 e. The van der Waals surface area contributed by atoms with E-state index in [1.807, 2.05) is 17.9 Å². The standard InChI is InChI=1S/C21H25FN4O2/c1-13(19(27)26-9-7-21(5-6-21)8-10-26)23-20-25-24-18(28-20)17-12-16(17)14-3-2-4-15(22)11-14/h2-4,11,13,16-17H,5-10,12H2,1H3,(H,23,25)/t13-,16+,17-/m0/s1. The first-order valence-electron chi connectivity index (χ1n) is 10.2. The van der Waals surface area contributed by atoms with Crippen molar-refractivity contribution < 1.29 is 13.6 Å². The second kappa shape index (κ2) is 6.57. The number of nitrogens with zero attached hydrogens (tertiary/aromatic N) is 3. The molecular formula is C21H25FN4O2. The maximum atomic E-state index is 13.4. The zero-order valence-electron chi connectivity index (χ0n) is 16.0. The average molecular weight is 384 g/mol. The Morgan fingerprint density at radius 3 is 2.75 bits per heavy atom. The van der Waals surface area contributed by atoms with Gasteiger partial charge in [-0.15, -0.1) is 5.10 Å². The highest BCUT2D eigenvalue weighted by Crippen LogP contribution is 2.54. The summed E-state index contributed by atoms with van der Waals surface area (Å²) in [6.07, 6.45) is 5.77. The van der Waals surface area contributed by atoms with E-state index in [-0.39, 0.29) is 29.6 Å². The van der Waals surface area contributed by atoms with Crippen molar-refractivity contribution in [2.45, 2.75) is 56.9 Å². The molecule has 2 aliphatic carbocycles. The molecule has 1 spiro atoms. The second-order valence-electron chi connectivity index (χ2n) is 8.64. The summed E-state index contributed by atoms with van der Waals surface area (Å²) in [6.45, 7) is 3.52. The summed E-state index contributed by atoms with van der Waals surface area (Å²) < 4.78 is 19.2. The van der Waals surface area contributed by atoms with Crippen molar-refractivity contribution >= 4 is 11.9 Å². The van der Waals surface area contributed by atoms with Crippen molar-refractivity contribution in [3.63, 3.8) is 0 Å². The lowest BCUT2D eigenvalue weighted by molar-refractivity contribution is -0.133. The number of aromatic nitrogens is 2. The van der Waals surface area contributed by atoms with Crippen LogP contribution in [0.15, 0.2) is 28.7 Å². The zero-order valence-corrected chi connectivity index (χ0v) is 16.0. The molecule has 6 nitrogen and oxygen atoms in total. The monoisotopic (exact) mass is 384 g/mol. The van der Waals surface area contributed by atoms with E-state index in [1.165, 1.54) is 18.9 Å². The van der Waals surface area contributed by atoms with Crippen LogP contribution < -0.4 is 5.32 Å². The fourth-order valence-electron chi connectivity index (χ4n) is 4.42. The van der Waals surface area contributed by atoms with Gasteiger partial charge < -0.3 is 14.6 Å². The summed E-state index contributed by atoms with van der Waals surface area (Å²) in [6, 6.07) is 6.52. The highest BCUT2D eigenvalue weighted by Gasteiger charge is 2.46. The van der Waals surface area contributed by atoms with Gasteiger partial charge in [0.1, 0.15) is 11.9 Å². The average Bonchev–Trinajstić information content (AvgIpc) is 3.61. The van der Waals surface area contributed by atoms with Crippen molar-refractivity contribution in [3.05, 3.63) is 41.5 Å². The van der Waals surface area contributed by atoms with E-state index < -0.39 is 6.04 Å². The Labute approximate surface area is 163 Å². The molecule has 3 aliphatic rings. The summed E-state index contributed by atoms with van der Waals surface area (Å²) in [4.78, 5) is 14.6. The van der Waals surface area contributed by atoms with Crippen molar-refractivity contribution in [1.82, 2.24) is 15.1 Å². The molecule has 1 amide bonds. The number of hydrogen-bond acceptors (Lipinski definition) is 5. The number of benzene rings is 1. The molecule has 1 aromatic heterocycles. The van der Waals surface area contributed by atoms with Gasteiger partial charge in [-0.2, -0.15) is 0 Å². The lowest BCUT2D eigenvalue weighted by Gasteiger charge is -2.33. The number of carbonyl (C=O) groups excluding carboxylic acids is 1. The molecule has 148 valence electrons. The third kappa shape index (κ3) is 3.38. The second-order valence-corrected chi connectivity index (χ2v) is 8.64. The quantitative estimate of drug-likeness (QED) is 0.851. The van der Waals surface area contributed by atoms with Gasteiger partial charge in [0.2, 0.25) is 11.8 Å². The zero-order chi connectivity index (χ0) is 19.3. The SMILES string of the molecule is C[C@H](Nc1nnc([C@H]2C[C@@H]2c2cccc(F)c2)o1)C(=O)N1CCC2(CC1)CC2. The number of rotatable bonds is 5. The van der Waals surface area contributed by atoms with Crippen LogP contribution in [0.3, 0.4) is 0 Å². The number of carbonyl (C=O) groups is 1. The number of amides is 1. The van der Waals surface area contributed by atoms with E-state index in [0.717, 1.165) is 37.9 Å². The predicted octanol–water partition coefficient (Wildman–Crippen LogP) is 3.68. The molecule has 1 N–H and O–H groups in total. The number of piperidine rings is 1. The minimum Gasteiger partial charge on any atom is -0.408 e. The van der Waals surface area contributed by atoms with Gasteiger partial charge in [0.15, 0.2) is 0 Å². The Morgan fingerprint density at radius 1 is 1.25 bits per heavy atom. The minimum atomic E-state index is -0.403. The van der Waals surface area contributed by atoms with Gasteiger partial charge in [-0.1, -0.05) is 17.2 Å². The lowest BCUT2D eigenvalue weighted by atomic mass is 9.93. The van der Waals surface area contributed by atoms with Crippen LogP contribution in [-0.2, 0) is 4.79 Å². The third-order valence-corrected chi connectivity index (χ3v) is 6.63. The van der Waals surface area contributed by atoms with E-state index >= 15 is 0 Å². The van der Waals surface area contributed by atoms with Gasteiger partial charge in [-0.3, -0.25) is 4.79 Å². The number of likely N-dealkylation sites (tertiary alicyclic amines) is 1. The molecule has 3 atom stereocenters. The van der Waals surface area contributed by atoms with Crippen LogP contribution in [0, 0.1) is 11.2 Å². The minimum absolute atomic E-state index is 0.0827. The summed E-state index contributed by atoms with van der Waals surface area (Å²) in [5.74, 6) is 0.733. The first-order chi connectivity index (χ1) is 13.5. The summed E-state index contributed by atoms with van der Waals surface area (Å²) in [5.41, 5.74) is 1.51. The third-order valence-electron chi connectivity index (χ3n) is 6.63. The number of nitrogens with one attached hydrogen (secondary N) is 1. The summed E-state index contributed by atoms with van der Waals surface area (Å²) >= 11 is 0. The Hall–Kier alpha value is -2.44. The Morgan fingerprint density at radius 2 is 2.04 bits per heavy atom. The molecule has 0 unspecified atom stereocenters. The fourth-order valence-corrected chi connectivity index (χ4v) is 4.42. The van der Waals surface area contributed by atoms with Gasteiger partial charge in [0.25, 0.3) is 0 Å². The topological polar surface area (TPSA) is 71.3 Å². The number of halogens is 1. The first-order valence-corrected chi connectivity index (χ1v) is 10.2. The van der Waals surface area contributed by atoms with Crippen LogP contribution in [0.1, 0.15) is 62.3 Å². The molecule has 2 heterocycles. The van der Waals surface area contributed by atoms with Crippen LogP contribution in [0.2, 0.25) is 0 Å². The Bertz CT molecular complexity index is 884. The first kappa shape index (κ1) is 17.6. The molecule has 0 radical (unpaired) electrons. The molecule has 28 heavy (non-hydrogen) atoms. The normalized spacial score (nSPS) is 26.1. The van der Waals surface area contributed by atoms with Crippen LogP contribution in [0.5, 0.6) is 0 Å². The fraction of sp³-hybridized carbons (Fsp3) is 0.571. The molecule has 3 fully saturated rings. The Kier molecular flexibility index (Phi) is 4.14. The van der Waals surface area contributed by atoms with E-state index in [1.54, 1.807) is 12.1 Å². The van der Waals surface area contributed by atoms with Gasteiger partial charge in [-0.25, -0.2) is 4.39 Å². The highest BCUT2D eigenvalue weighted by atomic mass is 19.1. The van der Waals surface area contributed by atoms with E-state index in [0.29, 0.717) is 11.3 Å². The van der Waals surface area contributed by atoms with Crippen molar-refractivity contribution in [2.24, 2.45) is 5.41 Å². The number of anilines is 1. The summed E-state index contributed by atoms with van der Waals surface area (Å²) in [7, 11) is 0. The maximum Gasteiger partial charge on any atom is 0.316 e. The van der Waals surface area contributed by atoms with Gasteiger partial charge in [-0.05, 0) is 68.1 Å². The molecule has 1 aromatic carbocycles. The molecule has 1 aliphatic heterocycles. The molecule has 1 saturated heterocycles. The van der Waals surface area contributed by atoms with Gasteiger partial charge in [0, 0.05) is 19.0 Å². The molecule has 2 aromatic rings. The lowest BCUT2D eigenvalue weighted by Crippen LogP contribution is -2.45.